The number of likely N-dealkylation sites (tertiary alicyclic amines) is 1. The van der Waals surface area contributed by atoms with Gasteiger partial charge < -0.3 is 4.90 Å². The molecule has 1 spiro atoms. The summed E-state index contributed by atoms with van der Waals surface area (Å²) < 4.78 is 78.8. The highest BCUT2D eigenvalue weighted by Crippen LogP contribution is 2.56. The van der Waals surface area contributed by atoms with E-state index in [1.165, 1.54) is 6.07 Å². The highest BCUT2D eigenvalue weighted by Gasteiger charge is 2.61. The summed E-state index contributed by atoms with van der Waals surface area (Å²) in [6, 6.07) is 3.65. The molecule has 2 saturated heterocycles. The number of amides is 1. The van der Waals surface area contributed by atoms with Crippen molar-refractivity contribution in [3.05, 3.63) is 34.9 Å². The maximum absolute atomic E-state index is 13.6. The lowest BCUT2D eigenvalue weighted by atomic mass is 9.73. The Morgan fingerprint density at radius 2 is 1.81 bits per heavy atom. The molecule has 1 saturated carbocycles. The van der Waals surface area contributed by atoms with Crippen molar-refractivity contribution in [2.75, 3.05) is 13.1 Å². The second-order valence-corrected chi connectivity index (χ2v) is 10.0. The van der Waals surface area contributed by atoms with Crippen molar-refractivity contribution in [3.8, 4) is 0 Å². The first-order valence-electron chi connectivity index (χ1n) is 11.2. The number of rotatable bonds is 1. The molecule has 9 heteroatoms. The van der Waals surface area contributed by atoms with Gasteiger partial charge in [0.25, 0.3) is 0 Å². The van der Waals surface area contributed by atoms with Crippen LogP contribution in [0, 0.1) is 17.3 Å². The highest BCUT2D eigenvalue weighted by atomic mass is 19.4. The zero-order chi connectivity index (χ0) is 23.1. The lowest BCUT2D eigenvalue weighted by Crippen LogP contribution is -2.40. The number of benzene rings is 1. The predicted octanol–water partition coefficient (Wildman–Crippen LogP) is 5.03. The second-order valence-electron chi connectivity index (χ2n) is 10.0. The number of halogens is 6. The fourth-order valence-corrected chi connectivity index (χ4v) is 6.66. The summed E-state index contributed by atoms with van der Waals surface area (Å²) >= 11 is 0. The van der Waals surface area contributed by atoms with Crippen molar-refractivity contribution in [1.29, 1.82) is 0 Å². The summed E-state index contributed by atoms with van der Waals surface area (Å²) in [4.78, 5) is 17.2. The molecular formula is C23H26F6N2O. The molecule has 0 N–H and O–H groups in total. The van der Waals surface area contributed by atoms with Gasteiger partial charge in [-0.25, -0.2) is 0 Å². The van der Waals surface area contributed by atoms with Gasteiger partial charge in [0.2, 0.25) is 5.91 Å². The minimum absolute atomic E-state index is 0.00831. The zero-order valence-electron chi connectivity index (χ0n) is 17.8. The Kier molecular flexibility index (Phi) is 4.90. The lowest BCUT2D eigenvalue weighted by Gasteiger charge is -2.33. The van der Waals surface area contributed by atoms with Crippen LogP contribution in [-0.4, -0.2) is 47.1 Å². The van der Waals surface area contributed by atoms with Crippen LogP contribution in [0.1, 0.15) is 49.3 Å². The average Bonchev–Trinajstić information content (AvgIpc) is 3.41. The van der Waals surface area contributed by atoms with Gasteiger partial charge in [-0.05, 0) is 67.8 Å². The Hall–Kier alpha value is -1.77. The van der Waals surface area contributed by atoms with Crippen LogP contribution >= 0.6 is 0 Å². The van der Waals surface area contributed by atoms with Gasteiger partial charge in [0.05, 0.1) is 16.9 Å². The molecule has 0 bridgehead atoms. The summed E-state index contributed by atoms with van der Waals surface area (Å²) in [6.07, 6.45) is -6.15. The van der Waals surface area contributed by atoms with Crippen molar-refractivity contribution < 1.29 is 31.1 Å². The molecule has 3 unspecified atom stereocenters. The number of nitrogens with zero attached hydrogens (tertiary/aromatic N) is 2. The van der Waals surface area contributed by atoms with Gasteiger partial charge in [-0.2, -0.15) is 26.3 Å². The molecule has 1 aromatic carbocycles. The molecule has 32 heavy (non-hydrogen) atoms. The Bertz CT molecular complexity index is 928. The topological polar surface area (TPSA) is 23.6 Å². The Morgan fingerprint density at radius 3 is 2.47 bits per heavy atom. The molecule has 176 valence electrons. The molecule has 3 fully saturated rings. The standard InChI is InChI=1S/C23H26F6N2O/c1-13-19-9-14-2-3-16(22(24,25)26)8-15(14)11-31(19)20(32)21(13)6-4-18(10-21)30-7-5-17(12-30)23(27,28)29/h2-3,8,13,17-19H,4-7,9-12H2,1H3/t13?,17?,18-,19?,21+/m1/s1. The molecular weight excluding hydrogens is 434 g/mol. The van der Waals surface area contributed by atoms with Gasteiger partial charge in [0.1, 0.15) is 0 Å². The third kappa shape index (κ3) is 3.33. The van der Waals surface area contributed by atoms with Gasteiger partial charge in [0.15, 0.2) is 0 Å². The van der Waals surface area contributed by atoms with Crippen LogP contribution in [0.15, 0.2) is 18.2 Å². The summed E-state index contributed by atoms with van der Waals surface area (Å²) in [5.41, 5.74) is 0.0488. The number of alkyl halides is 6. The fourth-order valence-electron chi connectivity index (χ4n) is 6.66. The van der Waals surface area contributed by atoms with Crippen LogP contribution in [0.5, 0.6) is 0 Å². The van der Waals surface area contributed by atoms with Gasteiger partial charge >= 0.3 is 12.4 Å². The first kappa shape index (κ1) is 22.0. The van der Waals surface area contributed by atoms with Crippen LogP contribution in [0.4, 0.5) is 26.3 Å². The number of fused-ring (bicyclic) bond motifs is 2. The molecule has 3 aliphatic heterocycles. The van der Waals surface area contributed by atoms with Crippen molar-refractivity contribution in [2.24, 2.45) is 17.3 Å². The van der Waals surface area contributed by atoms with E-state index in [4.69, 9.17) is 0 Å². The molecule has 1 aliphatic carbocycles. The van der Waals surface area contributed by atoms with E-state index >= 15 is 0 Å². The minimum Gasteiger partial charge on any atom is -0.334 e. The third-order valence-electron chi connectivity index (χ3n) is 8.56. The van der Waals surface area contributed by atoms with E-state index in [0.717, 1.165) is 17.7 Å². The first-order valence-corrected chi connectivity index (χ1v) is 11.2. The summed E-state index contributed by atoms with van der Waals surface area (Å²) in [5.74, 6) is -1.33. The summed E-state index contributed by atoms with van der Waals surface area (Å²) in [7, 11) is 0. The molecule has 0 radical (unpaired) electrons. The quantitative estimate of drug-likeness (QED) is 0.549. The zero-order valence-corrected chi connectivity index (χ0v) is 17.8. The molecule has 3 heterocycles. The maximum atomic E-state index is 13.6. The SMILES string of the molecule is CC1C2Cc3ccc(C(F)(F)F)cc3CN2C(=O)[C@]12CC[C@@H](N1CCC(C(F)(F)F)C1)C2. The second kappa shape index (κ2) is 7.11. The highest BCUT2D eigenvalue weighted by molar-refractivity contribution is 5.87. The molecule has 4 aliphatic rings. The molecule has 5 atom stereocenters. The molecule has 1 amide bonds. The number of hydrogen-bond donors (Lipinski definition) is 0. The van der Waals surface area contributed by atoms with Crippen LogP contribution in [0.25, 0.3) is 0 Å². The maximum Gasteiger partial charge on any atom is 0.416 e. The van der Waals surface area contributed by atoms with Crippen molar-refractivity contribution in [3.63, 3.8) is 0 Å². The Balaban J connectivity index is 1.35. The Morgan fingerprint density at radius 1 is 1.06 bits per heavy atom. The molecule has 1 aromatic rings. The van der Waals surface area contributed by atoms with Gasteiger partial charge in [-0.3, -0.25) is 9.69 Å². The van der Waals surface area contributed by atoms with Crippen LogP contribution in [0.2, 0.25) is 0 Å². The predicted molar refractivity (Wildman–Crippen MR) is 104 cm³/mol. The normalized spacial score (nSPS) is 35.6. The largest absolute Gasteiger partial charge is 0.416 e. The average molecular weight is 460 g/mol. The van der Waals surface area contributed by atoms with E-state index in [2.05, 4.69) is 0 Å². The summed E-state index contributed by atoms with van der Waals surface area (Å²) in [6.45, 7) is 2.58. The molecule has 0 aromatic heterocycles. The third-order valence-corrected chi connectivity index (χ3v) is 8.56. The van der Waals surface area contributed by atoms with Gasteiger partial charge in [-0.1, -0.05) is 13.0 Å². The molecule has 3 nitrogen and oxygen atoms in total. The molecule has 5 rings (SSSR count). The van der Waals surface area contributed by atoms with Gasteiger partial charge in [0, 0.05) is 25.2 Å². The van der Waals surface area contributed by atoms with Crippen molar-refractivity contribution in [2.45, 2.75) is 70.0 Å². The van der Waals surface area contributed by atoms with E-state index in [0.29, 0.717) is 37.8 Å². The van der Waals surface area contributed by atoms with Crippen LogP contribution in [-0.2, 0) is 23.9 Å². The van der Waals surface area contributed by atoms with E-state index in [1.807, 2.05) is 11.8 Å². The number of carbonyl (C=O) groups is 1. The van der Waals surface area contributed by atoms with Gasteiger partial charge in [-0.15, -0.1) is 0 Å². The fraction of sp³-hybridized carbons (Fsp3) is 0.696. The monoisotopic (exact) mass is 460 g/mol. The van der Waals surface area contributed by atoms with Crippen molar-refractivity contribution in [1.82, 2.24) is 9.80 Å². The minimum atomic E-state index is -4.43. The van der Waals surface area contributed by atoms with Crippen LogP contribution < -0.4 is 0 Å². The number of hydrogen-bond acceptors (Lipinski definition) is 2. The van der Waals surface area contributed by atoms with E-state index in [1.54, 1.807) is 4.90 Å². The number of carbonyl (C=O) groups excluding carboxylic acids is 1. The lowest BCUT2D eigenvalue weighted by molar-refractivity contribution is -0.171. The Labute approximate surface area is 182 Å². The van der Waals surface area contributed by atoms with E-state index in [-0.39, 0.29) is 43.4 Å². The van der Waals surface area contributed by atoms with Crippen molar-refractivity contribution >= 4 is 5.91 Å². The van der Waals surface area contributed by atoms with E-state index in [9.17, 15) is 31.1 Å². The smallest absolute Gasteiger partial charge is 0.334 e. The van der Waals surface area contributed by atoms with E-state index < -0.39 is 29.2 Å². The van der Waals surface area contributed by atoms with Crippen LogP contribution in [0.3, 0.4) is 0 Å². The first-order chi connectivity index (χ1) is 14.9. The summed E-state index contributed by atoms with van der Waals surface area (Å²) in [5, 5.41) is 0.